The number of nitrogens with two attached hydrogens (primary N) is 1. The molecule has 4 heteroatoms. The van der Waals surface area contributed by atoms with Crippen molar-refractivity contribution in [2.24, 2.45) is 11.7 Å². The summed E-state index contributed by atoms with van der Waals surface area (Å²) in [5.74, 6) is 0.567. The van der Waals surface area contributed by atoms with E-state index in [4.69, 9.17) is 5.73 Å². The molecule has 100 valence electrons. The Labute approximate surface area is 109 Å². The van der Waals surface area contributed by atoms with Crippen molar-refractivity contribution in [2.75, 3.05) is 0 Å². The van der Waals surface area contributed by atoms with Crippen LogP contribution in [0.5, 0.6) is 0 Å². The Bertz CT molecular complexity index is 501. The minimum atomic E-state index is -3.17. The van der Waals surface area contributed by atoms with Crippen LogP contribution < -0.4 is 5.73 Å². The quantitative estimate of drug-likeness (QED) is 0.912. The van der Waals surface area contributed by atoms with Gasteiger partial charge in [-0.05, 0) is 50.3 Å². The summed E-state index contributed by atoms with van der Waals surface area (Å²) in [6.45, 7) is 3.40. The fraction of sp³-hybridized carbons (Fsp3) is 0.571. The first-order valence-corrected chi connectivity index (χ1v) is 8.07. The fourth-order valence-electron chi connectivity index (χ4n) is 2.22. The van der Waals surface area contributed by atoms with Crippen LogP contribution in [0.4, 0.5) is 0 Å². The first kappa shape index (κ1) is 13.6. The fourth-order valence-corrected chi connectivity index (χ4v) is 3.28. The number of rotatable bonds is 4. The Morgan fingerprint density at radius 3 is 2.11 bits per heavy atom. The molecule has 1 aromatic carbocycles. The molecule has 1 saturated carbocycles. The molecule has 18 heavy (non-hydrogen) atoms. The van der Waals surface area contributed by atoms with Crippen LogP contribution >= 0.6 is 0 Å². The maximum absolute atomic E-state index is 12.0. The Morgan fingerprint density at radius 2 is 1.72 bits per heavy atom. The van der Waals surface area contributed by atoms with Gasteiger partial charge >= 0.3 is 0 Å². The van der Waals surface area contributed by atoms with Crippen molar-refractivity contribution in [3.63, 3.8) is 0 Å². The third-order valence-electron chi connectivity index (χ3n) is 3.87. The van der Waals surface area contributed by atoms with Crippen LogP contribution in [-0.4, -0.2) is 13.7 Å². The van der Waals surface area contributed by atoms with Crippen molar-refractivity contribution < 1.29 is 8.42 Å². The number of benzene rings is 1. The summed E-state index contributed by atoms with van der Waals surface area (Å²) in [4.78, 5) is 0.391. The van der Waals surface area contributed by atoms with Gasteiger partial charge in [0.1, 0.15) is 0 Å². The van der Waals surface area contributed by atoms with Crippen molar-refractivity contribution in [2.45, 2.75) is 49.3 Å². The predicted octanol–water partition coefficient (Wildman–Crippen LogP) is 2.67. The van der Waals surface area contributed by atoms with E-state index in [1.807, 2.05) is 12.1 Å². The molecule has 0 aromatic heterocycles. The Morgan fingerprint density at radius 1 is 1.17 bits per heavy atom. The second-order valence-electron chi connectivity index (χ2n) is 5.38. The molecule has 0 radical (unpaired) electrons. The van der Waals surface area contributed by atoms with Gasteiger partial charge < -0.3 is 5.73 Å². The molecule has 2 rings (SSSR count). The lowest BCUT2D eigenvalue weighted by Crippen LogP contribution is -2.26. The van der Waals surface area contributed by atoms with Gasteiger partial charge in [-0.25, -0.2) is 8.42 Å². The van der Waals surface area contributed by atoms with Gasteiger partial charge in [-0.2, -0.15) is 0 Å². The van der Waals surface area contributed by atoms with Gasteiger partial charge in [-0.3, -0.25) is 0 Å². The molecular formula is C14H21NO2S. The second-order valence-corrected chi connectivity index (χ2v) is 7.88. The van der Waals surface area contributed by atoms with Crippen LogP contribution in [0.1, 0.15) is 44.7 Å². The van der Waals surface area contributed by atoms with E-state index in [9.17, 15) is 8.42 Å². The largest absolute Gasteiger partial charge is 0.324 e. The van der Waals surface area contributed by atoms with Crippen LogP contribution in [-0.2, 0) is 9.84 Å². The zero-order valence-corrected chi connectivity index (χ0v) is 11.8. The molecule has 0 heterocycles. The highest BCUT2D eigenvalue weighted by atomic mass is 32.2. The maximum Gasteiger partial charge on any atom is 0.180 e. The maximum atomic E-state index is 12.0. The molecule has 0 bridgehead atoms. The number of hydrogen-bond donors (Lipinski definition) is 1. The van der Waals surface area contributed by atoms with E-state index in [-0.39, 0.29) is 11.3 Å². The highest BCUT2D eigenvalue weighted by Crippen LogP contribution is 2.36. The van der Waals surface area contributed by atoms with Crippen molar-refractivity contribution in [3.8, 4) is 0 Å². The zero-order chi connectivity index (χ0) is 13.3. The summed E-state index contributed by atoms with van der Waals surface area (Å²) in [5, 5.41) is -0.386. The number of sulfone groups is 1. The Balaban J connectivity index is 2.20. The molecule has 1 aliphatic rings. The van der Waals surface area contributed by atoms with Crippen LogP contribution in [0.2, 0.25) is 0 Å². The summed E-state index contributed by atoms with van der Waals surface area (Å²) in [5.41, 5.74) is 7.21. The van der Waals surface area contributed by atoms with Crippen molar-refractivity contribution in [1.29, 1.82) is 0 Å². The molecule has 0 spiro atoms. The van der Waals surface area contributed by atoms with Crippen molar-refractivity contribution >= 4 is 9.84 Å². The molecule has 1 fully saturated rings. The van der Waals surface area contributed by atoms with Crippen molar-refractivity contribution in [1.82, 2.24) is 0 Å². The SMILES string of the molecule is CC(C)S(=O)(=O)c1ccc(C(N)C2CCC2)cc1. The van der Waals surface area contributed by atoms with Gasteiger partial charge in [-0.15, -0.1) is 0 Å². The van der Waals surface area contributed by atoms with Gasteiger partial charge in [0, 0.05) is 6.04 Å². The minimum absolute atomic E-state index is 0.0505. The van der Waals surface area contributed by atoms with E-state index in [2.05, 4.69) is 0 Å². The first-order valence-electron chi connectivity index (χ1n) is 6.52. The van der Waals surface area contributed by atoms with Crippen LogP contribution in [0.3, 0.4) is 0 Å². The average Bonchev–Trinajstić information content (AvgIpc) is 2.26. The lowest BCUT2D eigenvalue weighted by molar-refractivity contribution is 0.264. The summed E-state index contributed by atoms with van der Waals surface area (Å²) >= 11 is 0. The Hall–Kier alpha value is -0.870. The Kier molecular flexibility index (Phi) is 3.78. The third kappa shape index (κ3) is 2.45. The molecule has 1 aromatic rings. The third-order valence-corrected chi connectivity index (χ3v) is 6.04. The van der Waals surface area contributed by atoms with Gasteiger partial charge in [-0.1, -0.05) is 18.6 Å². The van der Waals surface area contributed by atoms with Crippen LogP contribution in [0.15, 0.2) is 29.2 Å². The standard InChI is InChI=1S/C14H21NO2S/c1-10(2)18(16,17)13-8-6-12(7-9-13)14(15)11-4-3-5-11/h6-11,14H,3-5,15H2,1-2H3. The molecule has 3 nitrogen and oxygen atoms in total. The lowest BCUT2D eigenvalue weighted by Gasteiger charge is -2.31. The van der Waals surface area contributed by atoms with Crippen LogP contribution in [0.25, 0.3) is 0 Å². The van der Waals surface area contributed by atoms with Gasteiger partial charge in [0.25, 0.3) is 0 Å². The highest BCUT2D eigenvalue weighted by Gasteiger charge is 2.26. The molecule has 2 N–H and O–H groups in total. The normalized spacial score (nSPS) is 18.7. The first-order chi connectivity index (χ1) is 8.43. The summed E-state index contributed by atoms with van der Waals surface area (Å²) in [7, 11) is -3.17. The van der Waals surface area contributed by atoms with Crippen LogP contribution in [0, 0.1) is 5.92 Å². The molecule has 0 amide bonds. The second kappa shape index (κ2) is 5.02. The summed E-state index contributed by atoms with van der Waals surface area (Å²) in [6.07, 6.45) is 3.64. The molecule has 0 saturated heterocycles. The van der Waals surface area contributed by atoms with Gasteiger partial charge in [0.2, 0.25) is 0 Å². The van der Waals surface area contributed by atoms with Gasteiger partial charge in [0.15, 0.2) is 9.84 Å². The monoisotopic (exact) mass is 267 g/mol. The summed E-state index contributed by atoms with van der Waals surface area (Å²) in [6, 6.07) is 7.14. The zero-order valence-electron chi connectivity index (χ0n) is 11.0. The molecular weight excluding hydrogens is 246 g/mol. The molecule has 0 aliphatic heterocycles. The summed E-state index contributed by atoms with van der Waals surface area (Å²) < 4.78 is 24.0. The van der Waals surface area contributed by atoms with E-state index >= 15 is 0 Å². The molecule has 1 unspecified atom stereocenters. The number of hydrogen-bond acceptors (Lipinski definition) is 3. The van der Waals surface area contributed by atoms with Crippen molar-refractivity contribution in [3.05, 3.63) is 29.8 Å². The topological polar surface area (TPSA) is 60.2 Å². The van der Waals surface area contributed by atoms with E-state index < -0.39 is 9.84 Å². The highest BCUT2D eigenvalue weighted by molar-refractivity contribution is 7.92. The smallest absolute Gasteiger partial charge is 0.180 e. The minimum Gasteiger partial charge on any atom is -0.324 e. The van der Waals surface area contributed by atoms with E-state index in [1.165, 1.54) is 19.3 Å². The predicted molar refractivity (Wildman–Crippen MR) is 73.0 cm³/mol. The van der Waals surface area contributed by atoms with E-state index in [1.54, 1.807) is 26.0 Å². The molecule has 1 aliphatic carbocycles. The lowest BCUT2D eigenvalue weighted by atomic mass is 9.78. The van der Waals surface area contributed by atoms with E-state index in [0.29, 0.717) is 10.8 Å². The van der Waals surface area contributed by atoms with Gasteiger partial charge in [0.05, 0.1) is 10.1 Å². The average molecular weight is 267 g/mol. The van der Waals surface area contributed by atoms with E-state index in [0.717, 1.165) is 5.56 Å². The molecule has 1 atom stereocenters.